The lowest BCUT2D eigenvalue weighted by molar-refractivity contribution is 0.0788. The van der Waals surface area contributed by atoms with Gasteiger partial charge < -0.3 is 15.2 Å². The average molecular weight is 217 g/mol. The van der Waals surface area contributed by atoms with Gasteiger partial charge in [-0.3, -0.25) is 0 Å². The van der Waals surface area contributed by atoms with E-state index in [4.69, 9.17) is 4.74 Å². The zero-order chi connectivity index (χ0) is 12.1. The summed E-state index contributed by atoms with van der Waals surface area (Å²) < 4.78 is 5.25. The zero-order valence-electron chi connectivity index (χ0n) is 11.0. The summed E-state index contributed by atoms with van der Waals surface area (Å²) >= 11 is 0. The van der Waals surface area contributed by atoms with Crippen LogP contribution >= 0.6 is 0 Å². The first-order chi connectivity index (χ1) is 6.78. The molecule has 0 aromatic heterocycles. The highest BCUT2D eigenvalue weighted by Gasteiger charge is 2.21. The van der Waals surface area contributed by atoms with Crippen molar-refractivity contribution in [2.45, 2.75) is 59.3 Å². The number of nitrogens with one attached hydrogen (secondary N) is 1. The summed E-state index contributed by atoms with van der Waals surface area (Å²) in [6.45, 7) is 11.2. The second kappa shape index (κ2) is 6.46. The van der Waals surface area contributed by atoms with Crippen LogP contribution in [0.25, 0.3) is 0 Å². The SMILES string of the molecule is COC(C)C(C)NCC(C)(C)CC(C)O. The average Bonchev–Trinajstić information content (AvgIpc) is 2.11. The molecule has 0 aliphatic carbocycles. The molecule has 3 atom stereocenters. The molecule has 3 heteroatoms. The fourth-order valence-corrected chi connectivity index (χ4v) is 1.68. The lowest BCUT2D eigenvalue weighted by atomic mass is 9.86. The van der Waals surface area contributed by atoms with Crippen molar-refractivity contribution in [1.29, 1.82) is 0 Å². The Labute approximate surface area is 94.2 Å². The van der Waals surface area contributed by atoms with Gasteiger partial charge in [0.2, 0.25) is 0 Å². The molecule has 0 rings (SSSR count). The molecule has 0 aliphatic heterocycles. The van der Waals surface area contributed by atoms with E-state index < -0.39 is 0 Å². The maximum absolute atomic E-state index is 9.36. The molecule has 15 heavy (non-hydrogen) atoms. The lowest BCUT2D eigenvalue weighted by Crippen LogP contribution is -2.42. The quantitative estimate of drug-likeness (QED) is 0.683. The molecule has 0 saturated carbocycles. The molecule has 0 fully saturated rings. The molecule has 0 heterocycles. The molecule has 0 spiro atoms. The van der Waals surface area contributed by atoms with Crippen molar-refractivity contribution >= 4 is 0 Å². The van der Waals surface area contributed by atoms with Gasteiger partial charge in [0.05, 0.1) is 12.2 Å². The summed E-state index contributed by atoms with van der Waals surface area (Å²) in [4.78, 5) is 0. The van der Waals surface area contributed by atoms with Crippen molar-refractivity contribution in [3.8, 4) is 0 Å². The number of aliphatic hydroxyl groups excluding tert-OH is 1. The standard InChI is InChI=1S/C12H27NO2/c1-9(14)7-12(4,5)8-13-10(2)11(3)15-6/h9-11,13-14H,7-8H2,1-6H3. The van der Waals surface area contributed by atoms with Crippen LogP contribution in [0.5, 0.6) is 0 Å². The number of hydrogen-bond donors (Lipinski definition) is 2. The number of ether oxygens (including phenoxy) is 1. The minimum atomic E-state index is -0.239. The molecule has 0 saturated heterocycles. The number of methoxy groups -OCH3 is 1. The summed E-state index contributed by atoms with van der Waals surface area (Å²) in [5, 5.41) is 12.8. The van der Waals surface area contributed by atoms with Crippen molar-refractivity contribution in [2.75, 3.05) is 13.7 Å². The highest BCUT2D eigenvalue weighted by molar-refractivity contribution is 4.77. The third-order valence-electron chi connectivity index (χ3n) is 2.83. The fraction of sp³-hybridized carbons (Fsp3) is 1.00. The molecular formula is C12H27NO2. The van der Waals surface area contributed by atoms with Gasteiger partial charge >= 0.3 is 0 Å². The van der Waals surface area contributed by atoms with Crippen LogP contribution < -0.4 is 5.32 Å². The predicted octanol–water partition coefficient (Wildman–Crippen LogP) is 1.80. The van der Waals surface area contributed by atoms with Crippen molar-refractivity contribution < 1.29 is 9.84 Å². The van der Waals surface area contributed by atoms with Crippen LogP contribution in [0.2, 0.25) is 0 Å². The zero-order valence-corrected chi connectivity index (χ0v) is 11.0. The van der Waals surface area contributed by atoms with Crippen LogP contribution in [0, 0.1) is 5.41 Å². The molecule has 2 N–H and O–H groups in total. The maximum Gasteiger partial charge on any atom is 0.0693 e. The van der Waals surface area contributed by atoms with Gasteiger partial charge in [0.1, 0.15) is 0 Å². The van der Waals surface area contributed by atoms with Gasteiger partial charge in [0, 0.05) is 19.7 Å². The van der Waals surface area contributed by atoms with E-state index in [1.54, 1.807) is 7.11 Å². The van der Waals surface area contributed by atoms with Gasteiger partial charge in [0.25, 0.3) is 0 Å². The van der Waals surface area contributed by atoms with Gasteiger partial charge in [-0.15, -0.1) is 0 Å². The normalized spacial score (nSPS) is 18.6. The Morgan fingerprint density at radius 3 is 2.20 bits per heavy atom. The maximum atomic E-state index is 9.36. The number of aliphatic hydroxyl groups is 1. The van der Waals surface area contributed by atoms with Gasteiger partial charge in [-0.2, -0.15) is 0 Å². The predicted molar refractivity (Wildman–Crippen MR) is 64.0 cm³/mol. The first kappa shape index (κ1) is 14.9. The van der Waals surface area contributed by atoms with E-state index in [2.05, 4.69) is 33.0 Å². The van der Waals surface area contributed by atoms with Gasteiger partial charge in [-0.05, 0) is 32.6 Å². The fourth-order valence-electron chi connectivity index (χ4n) is 1.68. The summed E-state index contributed by atoms with van der Waals surface area (Å²) in [6, 6.07) is 0.336. The monoisotopic (exact) mass is 217 g/mol. The Kier molecular flexibility index (Phi) is 6.41. The molecule has 0 bridgehead atoms. The second-order valence-electron chi connectivity index (χ2n) is 5.33. The van der Waals surface area contributed by atoms with Crippen molar-refractivity contribution in [3.05, 3.63) is 0 Å². The summed E-state index contributed by atoms with van der Waals surface area (Å²) in [6.07, 6.45) is 0.790. The van der Waals surface area contributed by atoms with E-state index in [9.17, 15) is 5.11 Å². The van der Waals surface area contributed by atoms with Gasteiger partial charge in [-0.1, -0.05) is 13.8 Å². The largest absolute Gasteiger partial charge is 0.393 e. The summed E-state index contributed by atoms with van der Waals surface area (Å²) in [5.41, 5.74) is 0.121. The molecule has 0 aliphatic rings. The van der Waals surface area contributed by atoms with Crippen LogP contribution in [0.1, 0.15) is 41.0 Å². The highest BCUT2D eigenvalue weighted by atomic mass is 16.5. The van der Waals surface area contributed by atoms with Crippen LogP contribution in [0.3, 0.4) is 0 Å². The summed E-state index contributed by atoms with van der Waals surface area (Å²) in [7, 11) is 1.73. The molecule has 0 radical (unpaired) electrons. The molecule has 0 amide bonds. The van der Waals surface area contributed by atoms with Crippen molar-refractivity contribution in [1.82, 2.24) is 5.32 Å². The first-order valence-electron chi connectivity index (χ1n) is 5.73. The summed E-state index contributed by atoms with van der Waals surface area (Å²) in [5.74, 6) is 0. The molecule has 3 unspecified atom stereocenters. The van der Waals surface area contributed by atoms with E-state index in [0.717, 1.165) is 13.0 Å². The van der Waals surface area contributed by atoms with E-state index >= 15 is 0 Å². The molecular weight excluding hydrogens is 190 g/mol. The Hall–Kier alpha value is -0.120. The Morgan fingerprint density at radius 2 is 1.80 bits per heavy atom. The Morgan fingerprint density at radius 1 is 1.27 bits per heavy atom. The van der Waals surface area contributed by atoms with Gasteiger partial charge in [-0.25, -0.2) is 0 Å². The minimum Gasteiger partial charge on any atom is -0.393 e. The molecule has 3 nitrogen and oxygen atoms in total. The first-order valence-corrected chi connectivity index (χ1v) is 5.73. The van der Waals surface area contributed by atoms with Crippen LogP contribution in [-0.4, -0.2) is 37.0 Å². The molecule has 0 aromatic rings. The third kappa shape index (κ3) is 6.88. The topological polar surface area (TPSA) is 41.5 Å². The van der Waals surface area contributed by atoms with E-state index in [1.165, 1.54) is 0 Å². The van der Waals surface area contributed by atoms with Crippen LogP contribution in [0.15, 0.2) is 0 Å². The number of rotatable bonds is 7. The van der Waals surface area contributed by atoms with Crippen LogP contribution in [0.4, 0.5) is 0 Å². The second-order valence-corrected chi connectivity index (χ2v) is 5.33. The molecule has 92 valence electrons. The van der Waals surface area contributed by atoms with Crippen molar-refractivity contribution in [2.24, 2.45) is 5.41 Å². The Bertz CT molecular complexity index is 169. The minimum absolute atomic E-state index is 0.121. The van der Waals surface area contributed by atoms with E-state index in [1.807, 2.05) is 6.92 Å². The van der Waals surface area contributed by atoms with E-state index in [0.29, 0.717) is 6.04 Å². The lowest BCUT2D eigenvalue weighted by Gasteiger charge is -2.30. The smallest absolute Gasteiger partial charge is 0.0693 e. The Balaban J connectivity index is 3.92. The van der Waals surface area contributed by atoms with E-state index in [-0.39, 0.29) is 17.6 Å². The van der Waals surface area contributed by atoms with Gasteiger partial charge in [0.15, 0.2) is 0 Å². The van der Waals surface area contributed by atoms with Crippen LogP contribution in [-0.2, 0) is 4.74 Å². The van der Waals surface area contributed by atoms with Crippen molar-refractivity contribution in [3.63, 3.8) is 0 Å². The molecule has 0 aromatic carbocycles. The number of hydrogen-bond acceptors (Lipinski definition) is 3. The highest BCUT2D eigenvalue weighted by Crippen LogP contribution is 2.21. The third-order valence-corrected chi connectivity index (χ3v) is 2.83.